The van der Waals surface area contributed by atoms with E-state index in [1.165, 1.54) is 7.11 Å². The van der Waals surface area contributed by atoms with E-state index >= 15 is 0 Å². The van der Waals surface area contributed by atoms with E-state index in [1.54, 1.807) is 17.2 Å². The first kappa shape index (κ1) is 20.7. The van der Waals surface area contributed by atoms with Gasteiger partial charge in [0.15, 0.2) is 0 Å². The van der Waals surface area contributed by atoms with E-state index in [-0.39, 0.29) is 18.6 Å². The van der Waals surface area contributed by atoms with Crippen LogP contribution in [0.4, 0.5) is 5.82 Å². The van der Waals surface area contributed by atoms with Gasteiger partial charge in [-0.15, -0.1) is 0 Å². The average molecular weight is 425 g/mol. The molecule has 0 radical (unpaired) electrons. The predicted molar refractivity (Wildman–Crippen MR) is 118 cm³/mol. The van der Waals surface area contributed by atoms with Gasteiger partial charge in [-0.1, -0.05) is 31.8 Å². The highest BCUT2D eigenvalue weighted by molar-refractivity contribution is 6.76. The van der Waals surface area contributed by atoms with E-state index in [0.29, 0.717) is 30.8 Å². The molecule has 1 aromatic carbocycles. The van der Waals surface area contributed by atoms with Crippen molar-refractivity contribution in [3.8, 4) is 0 Å². The minimum atomic E-state index is -1.20. The Bertz CT molecular complexity index is 1000. The van der Waals surface area contributed by atoms with Gasteiger partial charge in [0.25, 0.3) is 0 Å². The lowest BCUT2D eigenvalue weighted by atomic mass is 9.79. The summed E-state index contributed by atoms with van der Waals surface area (Å²) in [6, 6.07) is 10.5. The first-order valence-corrected chi connectivity index (χ1v) is 14.0. The van der Waals surface area contributed by atoms with Gasteiger partial charge in [-0.05, 0) is 48.2 Å². The number of esters is 1. The van der Waals surface area contributed by atoms with Gasteiger partial charge in [0, 0.05) is 26.4 Å². The molecular weight excluding hydrogens is 396 g/mol. The molecule has 2 heterocycles. The fourth-order valence-electron chi connectivity index (χ4n) is 4.37. The molecule has 1 spiro atoms. The van der Waals surface area contributed by atoms with Gasteiger partial charge in [-0.25, -0.2) is 9.78 Å². The van der Waals surface area contributed by atoms with Crippen molar-refractivity contribution in [2.24, 2.45) is 0 Å². The Labute approximate surface area is 178 Å². The normalized spacial score (nSPS) is 19.9. The van der Waals surface area contributed by atoms with E-state index in [2.05, 4.69) is 24.6 Å². The van der Waals surface area contributed by atoms with Gasteiger partial charge in [-0.2, -0.15) is 0 Å². The molecule has 1 aromatic heterocycles. The van der Waals surface area contributed by atoms with E-state index in [1.807, 2.05) is 24.3 Å². The number of carbonyl (C=O) groups excluding carboxylic acids is 2. The number of amides is 1. The van der Waals surface area contributed by atoms with Crippen molar-refractivity contribution in [2.75, 3.05) is 25.3 Å². The highest BCUT2D eigenvalue weighted by Crippen LogP contribution is 2.49. The van der Waals surface area contributed by atoms with Crippen LogP contribution in [0.2, 0.25) is 25.7 Å². The van der Waals surface area contributed by atoms with Crippen LogP contribution < -0.4 is 4.90 Å². The van der Waals surface area contributed by atoms with Crippen molar-refractivity contribution >= 4 is 25.8 Å². The molecule has 0 saturated carbocycles. The highest BCUT2D eigenvalue weighted by Gasteiger charge is 2.54. The number of rotatable bonds is 6. The molecule has 0 saturated heterocycles. The van der Waals surface area contributed by atoms with Gasteiger partial charge in [-0.3, -0.25) is 9.69 Å². The first-order chi connectivity index (χ1) is 14.2. The molecule has 158 valence electrons. The molecule has 0 fully saturated rings. The Hall–Kier alpha value is -2.51. The number of hydrogen-bond acceptors (Lipinski definition) is 5. The number of anilines is 1. The van der Waals surface area contributed by atoms with Crippen molar-refractivity contribution in [1.29, 1.82) is 0 Å². The summed E-state index contributed by atoms with van der Waals surface area (Å²) in [5.41, 5.74) is 2.88. The molecule has 1 aliphatic carbocycles. The topological polar surface area (TPSA) is 68.7 Å². The Kier molecular flexibility index (Phi) is 5.28. The van der Waals surface area contributed by atoms with Gasteiger partial charge < -0.3 is 9.47 Å². The van der Waals surface area contributed by atoms with Crippen LogP contribution in [-0.2, 0) is 32.5 Å². The SMILES string of the molecule is COC(=O)c1ccc2c(c1)C[C@@]1(C2)C(=O)N(COCC[Si](C)(C)C)c2ncccc21. The number of carbonyl (C=O) groups is 2. The Balaban J connectivity index is 1.60. The number of hydrogen-bond donors (Lipinski definition) is 0. The van der Waals surface area contributed by atoms with Crippen LogP contribution in [0, 0.1) is 0 Å². The minimum Gasteiger partial charge on any atom is -0.465 e. The lowest BCUT2D eigenvalue weighted by Gasteiger charge is -2.23. The Morgan fingerprint density at radius 1 is 1.20 bits per heavy atom. The monoisotopic (exact) mass is 424 g/mol. The molecule has 0 unspecified atom stereocenters. The second kappa shape index (κ2) is 7.63. The maximum absolute atomic E-state index is 13.6. The van der Waals surface area contributed by atoms with Crippen molar-refractivity contribution in [3.63, 3.8) is 0 Å². The molecule has 7 heteroatoms. The van der Waals surface area contributed by atoms with Crippen molar-refractivity contribution in [1.82, 2.24) is 4.98 Å². The second-order valence-corrected chi connectivity index (χ2v) is 15.0. The largest absolute Gasteiger partial charge is 0.465 e. The van der Waals surface area contributed by atoms with Crippen LogP contribution in [0.15, 0.2) is 36.5 Å². The molecule has 4 rings (SSSR count). The van der Waals surface area contributed by atoms with E-state index in [9.17, 15) is 9.59 Å². The maximum atomic E-state index is 13.6. The van der Waals surface area contributed by atoms with Crippen LogP contribution in [0.1, 0.15) is 27.0 Å². The highest BCUT2D eigenvalue weighted by atomic mass is 28.3. The van der Waals surface area contributed by atoms with Crippen LogP contribution >= 0.6 is 0 Å². The summed E-state index contributed by atoms with van der Waals surface area (Å²) in [6.45, 7) is 7.79. The van der Waals surface area contributed by atoms with E-state index in [0.717, 1.165) is 22.7 Å². The number of ether oxygens (including phenoxy) is 2. The third-order valence-electron chi connectivity index (χ3n) is 6.04. The van der Waals surface area contributed by atoms with Gasteiger partial charge in [0.1, 0.15) is 12.5 Å². The average Bonchev–Trinajstić information content (AvgIpc) is 3.21. The van der Waals surface area contributed by atoms with Gasteiger partial charge in [0.05, 0.1) is 18.1 Å². The molecule has 6 nitrogen and oxygen atoms in total. The summed E-state index contributed by atoms with van der Waals surface area (Å²) >= 11 is 0. The van der Waals surface area contributed by atoms with Crippen LogP contribution in [0.3, 0.4) is 0 Å². The summed E-state index contributed by atoms with van der Waals surface area (Å²) < 4.78 is 10.8. The number of nitrogens with zero attached hydrogens (tertiary/aromatic N) is 2. The molecule has 0 N–H and O–H groups in total. The number of methoxy groups -OCH3 is 1. The quantitative estimate of drug-likeness (QED) is 0.403. The summed E-state index contributed by atoms with van der Waals surface area (Å²) in [6.07, 6.45) is 2.88. The Morgan fingerprint density at radius 3 is 2.70 bits per heavy atom. The zero-order valence-corrected chi connectivity index (χ0v) is 19.0. The fraction of sp³-hybridized carbons (Fsp3) is 0.435. The van der Waals surface area contributed by atoms with Crippen LogP contribution in [0.5, 0.6) is 0 Å². The zero-order valence-electron chi connectivity index (χ0n) is 18.0. The van der Waals surface area contributed by atoms with E-state index < -0.39 is 13.5 Å². The Morgan fingerprint density at radius 2 is 1.97 bits per heavy atom. The van der Waals surface area contributed by atoms with Crippen molar-refractivity contribution < 1.29 is 19.1 Å². The third kappa shape index (κ3) is 3.56. The summed E-state index contributed by atoms with van der Waals surface area (Å²) in [5, 5.41) is 0. The lowest BCUT2D eigenvalue weighted by Crippen LogP contribution is -2.42. The summed E-state index contributed by atoms with van der Waals surface area (Å²) in [5.74, 6) is 0.354. The van der Waals surface area contributed by atoms with Crippen molar-refractivity contribution in [3.05, 3.63) is 58.8 Å². The number of benzene rings is 1. The molecule has 30 heavy (non-hydrogen) atoms. The van der Waals surface area contributed by atoms with Crippen molar-refractivity contribution in [2.45, 2.75) is 43.9 Å². The molecule has 1 amide bonds. The predicted octanol–water partition coefficient (Wildman–Crippen LogP) is 3.56. The first-order valence-electron chi connectivity index (χ1n) is 10.3. The molecule has 2 aromatic rings. The standard InChI is InChI=1S/C23H28N2O4Si/c1-28-21(26)16-7-8-17-13-23(14-18(17)12-16)19-6-5-9-24-20(19)25(22(23)27)15-29-10-11-30(2,3)4/h5-9,12H,10-11,13-15H2,1-4H3/t23-/m1/s1. The second-order valence-electron chi connectivity index (χ2n) is 9.37. The van der Waals surface area contributed by atoms with Gasteiger partial charge in [0.2, 0.25) is 5.91 Å². The van der Waals surface area contributed by atoms with E-state index in [4.69, 9.17) is 9.47 Å². The zero-order chi connectivity index (χ0) is 21.5. The number of pyridine rings is 1. The van der Waals surface area contributed by atoms with Gasteiger partial charge >= 0.3 is 5.97 Å². The molecular formula is C23H28N2O4Si. The van der Waals surface area contributed by atoms with Crippen LogP contribution in [0.25, 0.3) is 0 Å². The summed E-state index contributed by atoms with van der Waals surface area (Å²) in [4.78, 5) is 31.8. The minimum absolute atomic E-state index is 0.0278. The smallest absolute Gasteiger partial charge is 0.337 e. The van der Waals surface area contributed by atoms with Crippen LogP contribution in [-0.4, -0.2) is 45.4 Å². The number of fused-ring (bicyclic) bond motifs is 3. The molecule has 1 aliphatic heterocycles. The molecule has 0 bridgehead atoms. The third-order valence-corrected chi connectivity index (χ3v) is 7.75. The summed E-state index contributed by atoms with van der Waals surface area (Å²) in [7, 11) is 0.177. The molecule has 2 aliphatic rings. The fourth-order valence-corrected chi connectivity index (χ4v) is 5.13. The number of aromatic nitrogens is 1. The molecule has 1 atom stereocenters. The lowest BCUT2D eigenvalue weighted by molar-refractivity contribution is -0.124. The maximum Gasteiger partial charge on any atom is 0.337 e.